The molecule has 1 fully saturated rings. The predicted molar refractivity (Wildman–Crippen MR) is 126 cm³/mol. The average molecular weight is 446 g/mol. The third kappa shape index (κ3) is 3.38. The van der Waals surface area contributed by atoms with Crippen molar-refractivity contribution in [1.29, 1.82) is 0 Å². The Morgan fingerprint density at radius 3 is 2.42 bits per heavy atom. The molecule has 8 heteroatoms. The fourth-order valence-electron chi connectivity index (χ4n) is 4.57. The molecule has 3 aliphatic rings. The van der Waals surface area contributed by atoms with Gasteiger partial charge in [0.25, 0.3) is 5.91 Å². The number of fused-ring (bicyclic) bond motifs is 3. The lowest BCUT2D eigenvalue weighted by Crippen LogP contribution is -2.64. The molecule has 0 spiro atoms. The van der Waals surface area contributed by atoms with E-state index in [1.807, 2.05) is 41.4 Å². The van der Waals surface area contributed by atoms with Crippen molar-refractivity contribution in [2.45, 2.75) is 25.6 Å². The molecule has 0 saturated carbocycles. The van der Waals surface area contributed by atoms with Crippen LogP contribution in [0.5, 0.6) is 0 Å². The molecule has 8 nitrogen and oxygen atoms in total. The number of hydrogen-bond acceptors (Lipinski definition) is 6. The first-order chi connectivity index (χ1) is 16.0. The Morgan fingerprint density at radius 2 is 1.76 bits per heavy atom. The van der Waals surface area contributed by atoms with Crippen LogP contribution < -0.4 is 4.90 Å². The highest BCUT2D eigenvalue weighted by Gasteiger charge is 2.54. The summed E-state index contributed by atoms with van der Waals surface area (Å²) in [5, 5.41) is 0. The van der Waals surface area contributed by atoms with E-state index in [0.29, 0.717) is 5.96 Å². The number of aliphatic imine (C=N–C) groups is 1. The van der Waals surface area contributed by atoms with Gasteiger partial charge in [0.15, 0.2) is 12.2 Å². The molecule has 2 aromatic carbocycles. The van der Waals surface area contributed by atoms with Gasteiger partial charge in [-0.2, -0.15) is 0 Å². The maximum Gasteiger partial charge on any atom is 0.328 e. The van der Waals surface area contributed by atoms with Gasteiger partial charge in [-0.1, -0.05) is 49.4 Å². The molecule has 2 aromatic rings. The minimum absolute atomic E-state index is 0.211. The van der Waals surface area contributed by atoms with Crippen LogP contribution >= 0.6 is 0 Å². The Balaban J connectivity index is 1.58. The first kappa shape index (κ1) is 21.2. The van der Waals surface area contributed by atoms with Gasteiger partial charge in [0.2, 0.25) is 5.96 Å². The zero-order valence-electron chi connectivity index (χ0n) is 19.0. The predicted octanol–water partition coefficient (Wildman–Crippen LogP) is 2.97. The van der Waals surface area contributed by atoms with Gasteiger partial charge in [-0.3, -0.25) is 19.5 Å². The number of guanidine groups is 1. The molecule has 0 aliphatic carbocycles. The van der Waals surface area contributed by atoms with Crippen LogP contribution in [0.1, 0.15) is 18.1 Å². The van der Waals surface area contributed by atoms with Gasteiger partial charge in [0.05, 0.1) is 18.8 Å². The molecule has 1 saturated heterocycles. The van der Waals surface area contributed by atoms with Gasteiger partial charge in [-0.15, -0.1) is 0 Å². The lowest BCUT2D eigenvalue weighted by molar-refractivity contribution is -0.137. The molecule has 3 heterocycles. The number of likely N-dealkylation sites (N-methyl/N-ethyl adjacent to an activating group) is 1. The van der Waals surface area contributed by atoms with Crippen LogP contribution in [0.25, 0.3) is 5.70 Å². The van der Waals surface area contributed by atoms with E-state index in [1.54, 1.807) is 19.1 Å². The Bertz CT molecular complexity index is 1130. The average Bonchev–Trinajstić information content (AvgIpc) is 3.40. The Kier molecular flexibility index (Phi) is 5.38. The van der Waals surface area contributed by atoms with Gasteiger partial charge in [-0.05, 0) is 24.1 Å². The van der Waals surface area contributed by atoms with Crippen molar-refractivity contribution < 1.29 is 14.3 Å². The summed E-state index contributed by atoms with van der Waals surface area (Å²) in [6, 6.07) is 17.5. The van der Waals surface area contributed by atoms with Crippen molar-refractivity contribution in [3.63, 3.8) is 0 Å². The van der Waals surface area contributed by atoms with Gasteiger partial charge in [-0.25, -0.2) is 9.79 Å². The third-order valence-electron chi connectivity index (χ3n) is 6.40. The number of ether oxygens (including phenoxy) is 1. The zero-order valence-corrected chi connectivity index (χ0v) is 19.0. The summed E-state index contributed by atoms with van der Waals surface area (Å²) >= 11 is 0. The topological polar surface area (TPSA) is 68.7 Å². The van der Waals surface area contributed by atoms with Crippen LogP contribution in [0.3, 0.4) is 0 Å². The fraction of sp³-hybridized carbons (Fsp3) is 0.320. The van der Waals surface area contributed by atoms with E-state index < -0.39 is 12.2 Å². The maximum atomic E-state index is 13.4. The van der Waals surface area contributed by atoms with Crippen molar-refractivity contribution in [2.24, 2.45) is 4.99 Å². The number of rotatable bonds is 6. The lowest BCUT2D eigenvalue weighted by Gasteiger charge is -2.40. The zero-order chi connectivity index (χ0) is 23.1. The summed E-state index contributed by atoms with van der Waals surface area (Å²) in [5.74, 6) is 0.389. The first-order valence-corrected chi connectivity index (χ1v) is 11.1. The number of urea groups is 1. The van der Waals surface area contributed by atoms with E-state index >= 15 is 0 Å². The third-order valence-corrected chi connectivity index (χ3v) is 6.40. The molecule has 33 heavy (non-hydrogen) atoms. The number of aryl methyl sites for hydroxylation is 1. The highest BCUT2D eigenvalue weighted by atomic mass is 16.5. The van der Waals surface area contributed by atoms with E-state index in [4.69, 9.17) is 9.73 Å². The van der Waals surface area contributed by atoms with Gasteiger partial charge in [0, 0.05) is 31.6 Å². The summed E-state index contributed by atoms with van der Waals surface area (Å²) < 4.78 is 5.12. The van der Waals surface area contributed by atoms with Crippen LogP contribution in [0.4, 0.5) is 10.5 Å². The summed E-state index contributed by atoms with van der Waals surface area (Å²) in [7, 11) is 3.25. The van der Waals surface area contributed by atoms with E-state index in [2.05, 4.69) is 36.1 Å². The second-order valence-corrected chi connectivity index (χ2v) is 8.31. The quantitative estimate of drug-likeness (QED) is 0.684. The molecule has 2 atom stereocenters. The summed E-state index contributed by atoms with van der Waals surface area (Å²) in [6.07, 6.45) is 2.35. The van der Waals surface area contributed by atoms with E-state index in [0.717, 1.165) is 23.4 Å². The minimum atomic E-state index is -0.613. The van der Waals surface area contributed by atoms with Crippen molar-refractivity contribution >= 4 is 29.3 Å². The Morgan fingerprint density at radius 1 is 1.03 bits per heavy atom. The molecular formula is C25H27N5O3. The van der Waals surface area contributed by atoms with Gasteiger partial charge in [0.1, 0.15) is 0 Å². The monoisotopic (exact) mass is 445 g/mol. The van der Waals surface area contributed by atoms with E-state index in [9.17, 15) is 9.59 Å². The molecule has 170 valence electrons. The van der Waals surface area contributed by atoms with Crippen molar-refractivity contribution in [2.75, 3.05) is 32.2 Å². The van der Waals surface area contributed by atoms with Gasteiger partial charge < -0.3 is 9.64 Å². The van der Waals surface area contributed by atoms with Crippen LogP contribution in [-0.2, 0) is 16.0 Å². The molecule has 3 amide bonds. The largest absolute Gasteiger partial charge is 0.383 e. The second kappa shape index (κ2) is 8.37. The molecule has 0 bridgehead atoms. The fourth-order valence-corrected chi connectivity index (χ4v) is 4.57. The summed E-state index contributed by atoms with van der Waals surface area (Å²) in [4.78, 5) is 38.0. The minimum Gasteiger partial charge on any atom is -0.383 e. The summed E-state index contributed by atoms with van der Waals surface area (Å²) in [5.41, 5.74) is 4.17. The highest BCUT2D eigenvalue weighted by molar-refractivity contribution is 6.16. The van der Waals surface area contributed by atoms with Crippen LogP contribution in [-0.4, -0.2) is 72.1 Å². The number of imide groups is 1. The molecule has 3 aliphatic heterocycles. The molecule has 2 unspecified atom stereocenters. The number of methoxy groups -OCH3 is 1. The van der Waals surface area contributed by atoms with E-state index in [-0.39, 0.29) is 25.1 Å². The molecule has 0 N–H and O–H groups in total. The van der Waals surface area contributed by atoms with E-state index in [1.165, 1.54) is 10.5 Å². The van der Waals surface area contributed by atoms with Crippen molar-refractivity contribution in [3.8, 4) is 0 Å². The number of benzene rings is 2. The molecule has 5 rings (SSSR count). The SMILES string of the molecule is CCc1ccc(N2C(c3ccccc3)=CN3C2=NC2C3C(=O)N(CCOC)C(=O)N2C)cc1. The number of carbonyl (C=O) groups is 2. The summed E-state index contributed by atoms with van der Waals surface area (Å²) in [6.45, 7) is 2.63. The standard InChI is InChI=1S/C25H27N5O3/c1-4-17-10-12-19(13-11-17)30-20(18-8-6-5-7-9-18)16-29-21-22(26-24(29)30)27(2)25(32)28(23(21)31)14-15-33-3/h5-13,16,21-22H,4,14-15H2,1-3H3. The van der Waals surface area contributed by atoms with Crippen LogP contribution in [0.15, 0.2) is 65.8 Å². The normalized spacial score (nSPS) is 21.9. The van der Waals surface area contributed by atoms with Crippen molar-refractivity contribution in [3.05, 3.63) is 71.9 Å². The van der Waals surface area contributed by atoms with Crippen LogP contribution in [0, 0.1) is 0 Å². The maximum absolute atomic E-state index is 13.4. The number of amides is 3. The molecular weight excluding hydrogens is 418 g/mol. The smallest absolute Gasteiger partial charge is 0.328 e. The van der Waals surface area contributed by atoms with Crippen molar-refractivity contribution in [1.82, 2.24) is 14.7 Å². The van der Waals surface area contributed by atoms with Crippen LogP contribution in [0.2, 0.25) is 0 Å². The Labute approximate surface area is 193 Å². The molecule has 0 aromatic heterocycles. The Hall–Kier alpha value is -3.65. The number of anilines is 1. The second-order valence-electron chi connectivity index (χ2n) is 8.31. The number of carbonyl (C=O) groups excluding carboxylic acids is 2. The highest BCUT2D eigenvalue weighted by Crippen LogP contribution is 2.40. The number of hydrogen-bond donors (Lipinski definition) is 0. The molecule has 0 radical (unpaired) electrons. The lowest BCUT2D eigenvalue weighted by atomic mass is 10.1. The van der Waals surface area contributed by atoms with Gasteiger partial charge >= 0.3 is 6.03 Å². The first-order valence-electron chi connectivity index (χ1n) is 11.1. The number of nitrogens with zero attached hydrogens (tertiary/aromatic N) is 5.